The van der Waals surface area contributed by atoms with Crippen LogP contribution >= 0.6 is 0 Å². The van der Waals surface area contributed by atoms with Crippen LogP contribution in [0.5, 0.6) is 0 Å². The lowest BCUT2D eigenvalue weighted by atomic mass is 9.90. The van der Waals surface area contributed by atoms with Crippen molar-refractivity contribution in [2.45, 2.75) is 24.9 Å². The van der Waals surface area contributed by atoms with Crippen LogP contribution in [0, 0.1) is 0 Å². The van der Waals surface area contributed by atoms with Crippen LogP contribution in [-0.2, 0) is 6.54 Å². The van der Waals surface area contributed by atoms with Gasteiger partial charge in [-0.05, 0) is 36.2 Å². The van der Waals surface area contributed by atoms with Gasteiger partial charge in [0.25, 0.3) is 0 Å². The first-order chi connectivity index (χ1) is 10.4. The molecule has 2 atom stereocenters. The minimum Gasteiger partial charge on any atom is -0.379 e. The molecule has 0 aromatic heterocycles. The van der Waals surface area contributed by atoms with E-state index in [-0.39, 0.29) is 0 Å². The first-order valence-corrected chi connectivity index (χ1v) is 7.88. The van der Waals surface area contributed by atoms with E-state index in [1.807, 2.05) is 0 Å². The number of fused-ring (bicyclic) bond motifs is 5. The van der Waals surface area contributed by atoms with Crippen molar-refractivity contribution in [1.29, 1.82) is 0 Å². The Hall–Kier alpha value is -2.00. The Morgan fingerprint density at radius 1 is 1.05 bits per heavy atom. The van der Waals surface area contributed by atoms with E-state index in [0.717, 1.165) is 19.6 Å². The van der Waals surface area contributed by atoms with Gasteiger partial charge in [-0.2, -0.15) is 0 Å². The largest absolute Gasteiger partial charge is 0.379 e. The highest BCUT2D eigenvalue weighted by molar-refractivity contribution is 5.86. The van der Waals surface area contributed by atoms with E-state index in [1.54, 1.807) is 0 Å². The van der Waals surface area contributed by atoms with Crippen molar-refractivity contribution in [1.82, 2.24) is 5.32 Å². The summed E-state index contributed by atoms with van der Waals surface area (Å²) in [7, 11) is 0. The van der Waals surface area contributed by atoms with E-state index in [0.29, 0.717) is 12.0 Å². The minimum atomic E-state index is 0.600. The summed E-state index contributed by atoms with van der Waals surface area (Å²) in [5.74, 6) is 0.613. The maximum atomic E-state index is 3.64. The number of benzene rings is 2. The molecule has 3 heteroatoms. The molecule has 106 valence electrons. The van der Waals surface area contributed by atoms with Gasteiger partial charge in [0.05, 0.1) is 11.4 Å². The van der Waals surface area contributed by atoms with Crippen LogP contribution in [-0.4, -0.2) is 19.1 Å². The molecule has 2 aromatic rings. The fourth-order valence-corrected chi connectivity index (χ4v) is 4.29. The Morgan fingerprint density at radius 3 is 3.00 bits per heavy atom. The first kappa shape index (κ1) is 11.6. The van der Waals surface area contributed by atoms with E-state index >= 15 is 0 Å². The van der Waals surface area contributed by atoms with Crippen LogP contribution in [0.2, 0.25) is 0 Å². The maximum Gasteiger partial charge on any atom is 0.0686 e. The monoisotopic (exact) mass is 277 g/mol. The third kappa shape index (κ3) is 1.52. The molecular weight excluding hydrogens is 258 g/mol. The topological polar surface area (TPSA) is 27.3 Å². The Kier molecular flexibility index (Phi) is 2.35. The molecule has 21 heavy (non-hydrogen) atoms. The number of rotatable bonds is 0. The average molecular weight is 277 g/mol. The SMILES string of the molecule is c1ccc2c(c1)CNc1cccc3c1N2C1CCNCC31. The fourth-order valence-electron chi connectivity index (χ4n) is 4.29. The molecule has 5 rings (SSSR count). The second-order valence-corrected chi connectivity index (χ2v) is 6.26. The summed E-state index contributed by atoms with van der Waals surface area (Å²) in [6.07, 6.45) is 1.22. The molecule has 1 saturated heterocycles. The van der Waals surface area contributed by atoms with Gasteiger partial charge >= 0.3 is 0 Å². The Morgan fingerprint density at radius 2 is 2.00 bits per heavy atom. The van der Waals surface area contributed by atoms with Gasteiger partial charge in [-0.15, -0.1) is 0 Å². The molecule has 1 fully saturated rings. The molecule has 2 aromatic carbocycles. The molecule has 0 saturated carbocycles. The molecule has 3 aliphatic rings. The van der Waals surface area contributed by atoms with Gasteiger partial charge in [0, 0.05) is 30.7 Å². The third-order valence-corrected chi connectivity index (χ3v) is 5.21. The lowest BCUT2D eigenvalue weighted by molar-refractivity contribution is 0.419. The molecule has 0 bridgehead atoms. The number of anilines is 3. The molecule has 3 aliphatic heterocycles. The summed E-state index contributed by atoms with van der Waals surface area (Å²) in [5.41, 5.74) is 7.01. The molecule has 0 amide bonds. The second-order valence-electron chi connectivity index (χ2n) is 6.26. The molecule has 2 unspecified atom stereocenters. The number of piperidine rings is 1. The quantitative estimate of drug-likeness (QED) is 0.774. The van der Waals surface area contributed by atoms with Gasteiger partial charge < -0.3 is 15.5 Å². The standard InChI is InChI=1S/C18H19N3/c1-2-7-16-12(4-1)10-20-15-6-3-5-13-14-11-19-9-8-17(14)21(16)18(13)15/h1-7,14,17,19-20H,8-11H2. The molecule has 3 nitrogen and oxygen atoms in total. The molecule has 0 aliphatic carbocycles. The minimum absolute atomic E-state index is 0.600. The van der Waals surface area contributed by atoms with Crippen LogP contribution in [0.1, 0.15) is 23.5 Å². The number of hydrogen-bond donors (Lipinski definition) is 2. The second kappa shape index (κ2) is 4.25. The zero-order valence-electron chi connectivity index (χ0n) is 12.0. The predicted octanol–water partition coefficient (Wildman–Crippen LogP) is 3.21. The molecule has 2 N–H and O–H groups in total. The number of nitrogens with zero attached hydrogens (tertiary/aromatic N) is 1. The van der Waals surface area contributed by atoms with E-state index in [4.69, 9.17) is 0 Å². The summed E-state index contributed by atoms with van der Waals surface area (Å²) in [5, 5.41) is 7.21. The Labute approximate surface area is 125 Å². The van der Waals surface area contributed by atoms with Gasteiger partial charge in [0.1, 0.15) is 0 Å². The number of para-hydroxylation sites is 2. The summed E-state index contributed by atoms with van der Waals surface area (Å²) >= 11 is 0. The highest BCUT2D eigenvalue weighted by atomic mass is 15.2. The highest BCUT2D eigenvalue weighted by Gasteiger charge is 2.42. The molecule has 3 heterocycles. The predicted molar refractivity (Wildman–Crippen MR) is 86.4 cm³/mol. The van der Waals surface area contributed by atoms with Crippen LogP contribution in [0.3, 0.4) is 0 Å². The van der Waals surface area contributed by atoms with Crippen molar-refractivity contribution in [2.75, 3.05) is 23.3 Å². The van der Waals surface area contributed by atoms with E-state index in [2.05, 4.69) is 58.0 Å². The normalized spacial score (nSPS) is 25.4. The average Bonchev–Trinajstić information content (AvgIpc) is 2.78. The lowest BCUT2D eigenvalue weighted by Gasteiger charge is -2.34. The summed E-state index contributed by atoms with van der Waals surface area (Å²) in [6.45, 7) is 3.13. The van der Waals surface area contributed by atoms with E-state index in [1.165, 1.54) is 34.6 Å². The van der Waals surface area contributed by atoms with Crippen molar-refractivity contribution in [3.8, 4) is 0 Å². The smallest absolute Gasteiger partial charge is 0.0686 e. The summed E-state index contributed by atoms with van der Waals surface area (Å²) < 4.78 is 0. The van der Waals surface area contributed by atoms with Crippen molar-refractivity contribution >= 4 is 17.1 Å². The van der Waals surface area contributed by atoms with Crippen LogP contribution < -0.4 is 15.5 Å². The zero-order chi connectivity index (χ0) is 13.8. The van der Waals surface area contributed by atoms with Crippen molar-refractivity contribution in [3.05, 3.63) is 53.6 Å². The van der Waals surface area contributed by atoms with Crippen molar-refractivity contribution in [2.24, 2.45) is 0 Å². The molecule has 0 radical (unpaired) electrons. The summed E-state index contributed by atoms with van der Waals surface area (Å²) in [6, 6.07) is 16.2. The van der Waals surface area contributed by atoms with Gasteiger partial charge in [-0.3, -0.25) is 0 Å². The van der Waals surface area contributed by atoms with Gasteiger partial charge in [0.15, 0.2) is 0 Å². The Bertz CT molecular complexity index is 709. The van der Waals surface area contributed by atoms with Gasteiger partial charge in [-0.25, -0.2) is 0 Å². The van der Waals surface area contributed by atoms with Crippen LogP contribution in [0.15, 0.2) is 42.5 Å². The maximum absolute atomic E-state index is 3.64. The highest BCUT2D eigenvalue weighted by Crippen LogP contribution is 2.52. The van der Waals surface area contributed by atoms with E-state index < -0.39 is 0 Å². The van der Waals surface area contributed by atoms with E-state index in [9.17, 15) is 0 Å². The fraction of sp³-hybridized carbons (Fsp3) is 0.333. The van der Waals surface area contributed by atoms with Crippen molar-refractivity contribution < 1.29 is 0 Å². The van der Waals surface area contributed by atoms with Crippen LogP contribution in [0.25, 0.3) is 0 Å². The van der Waals surface area contributed by atoms with Crippen LogP contribution in [0.4, 0.5) is 17.1 Å². The van der Waals surface area contributed by atoms with Gasteiger partial charge in [0.2, 0.25) is 0 Å². The molecule has 0 spiro atoms. The first-order valence-electron chi connectivity index (χ1n) is 7.88. The summed E-state index contributed by atoms with van der Waals surface area (Å²) in [4.78, 5) is 2.62. The number of hydrogen-bond acceptors (Lipinski definition) is 3. The zero-order valence-corrected chi connectivity index (χ0v) is 12.0. The van der Waals surface area contributed by atoms with Gasteiger partial charge in [-0.1, -0.05) is 30.3 Å². The molecular formula is C18H19N3. The lowest BCUT2D eigenvalue weighted by Crippen LogP contribution is -2.42. The Balaban J connectivity index is 1.79. The number of nitrogens with one attached hydrogen (secondary N) is 2. The van der Waals surface area contributed by atoms with Crippen molar-refractivity contribution in [3.63, 3.8) is 0 Å². The third-order valence-electron chi connectivity index (χ3n) is 5.21.